The van der Waals surface area contributed by atoms with E-state index in [9.17, 15) is 4.79 Å². The van der Waals surface area contributed by atoms with E-state index in [1.807, 2.05) is 66.7 Å². The van der Waals surface area contributed by atoms with Crippen LogP contribution in [0.25, 0.3) is 28.1 Å². The fourth-order valence-electron chi connectivity index (χ4n) is 3.06. The van der Waals surface area contributed by atoms with E-state index in [2.05, 4.69) is 25.3 Å². The van der Waals surface area contributed by atoms with Crippen molar-refractivity contribution in [3.8, 4) is 0 Å². The van der Waals surface area contributed by atoms with E-state index in [-0.39, 0.29) is 12.2 Å². The average molecular weight is 400 g/mol. The summed E-state index contributed by atoms with van der Waals surface area (Å²) >= 11 is 1.46. The summed E-state index contributed by atoms with van der Waals surface area (Å²) in [5.74, 6) is 0.981. The van der Waals surface area contributed by atoms with Crippen molar-refractivity contribution in [3.63, 3.8) is 0 Å². The SMILES string of the molecule is O=C(CCc1nnc2sc(/C=C/c3ccccc3)nn12)c1nc2ccccc2[nH]1. The Morgan fingerprint density at radius 1 is 1.03 bits per heavy atom. The van der Waals surface area contributed by atoms with Gasteiger partial charge in [-0.05, 0) is 23.8 Å². The lowest BCUT2D eigenvalue weighted by molar-refractivity contribution is 0.0973. The van der Waals surface area contributed by atoms with Crippen LogP contribution in [-0.4, -0.2) is 35.6 Å². The summed E-state index contributed by atoms with van der Waals surface area (Å²) in [5, 5.41) is 13.8. The maximum absolute atomic E-state index is 12.5. The zero-order chi connectivity index (χ0) is 19.6. The summed E-state index contributed by atoms with van der Waals surface area (Å²) in [6, 6.07) is 17.6. The molecule has 8 heteroatoms. The molecule has 0 bridgehead atoms. The highest BCUT2D eigenvalue weighted by atomic mass is 32.1. The first-order chi connectivity index (χ1) is 14.3. The number of ketones is 1. The number of carbonyl (C=O) groups is 1. The smallest absolute Gasteiger partial charge is 0.234 e. The van der Waals surface area contributed by atoms with Crippen molar-refractivity contribution in [1.82, 2.24) is 29.8 Å². The number of aromatic nitrogens is 6. The summed E-state index contributed by atoms with van der Waals surface area (Å²) in [4.78, 5) is 20.7. The van der Waals surface area contributed by atoms with Gasteiger partial charge < -0.3 is 4.98 Å². The number of Topliss-reactive ketones (excluding diaryl/α,β-unsaturated/α-hetero) is 1. The number of para-hydroxylation sites is 2. The van der Waals surface area contributed by atoms with Crippen LogP contribution >= 0.6 is 11.3 Å². The number of imidazole rings is 1. The third kappa shape index (κ3) is 3.57. The summed E-state index contributed by atoms with van der Waals surface area (Å²) < 4.78 is 1.71. The molecular weight excluding hydrogens is 384 g/mol. The maximum Gasteiger partial charge on any atom is 0.234 e. The lowest BCUT2D eigenvalue weighted by Gasteiger charge is -1.96. The van der Waals surface area contributed by atoms with E-state index in [0.29, 0.717) is 23.0 Å². The van der Waals surface area contributed by atoms with Crippen LogP contribution in [0.4, 0.5) is 0 Å². The number of nitrogens with zero attached hydrogens (tertiary/aromatic N) is 5. The van der Waals surface area contributed by atoms with Crippen LogP contribution < -0.4 is 0 Å². The van der Waals surface area contributed by atoms with Crippen molar-refractivity contribution in [3.05, 3.63) is 76.8 Å². The van der Waals surface area contributed by atoms with Crippen LogP contribution in [0.1, 0.15) is 33.4 Å². The number of hydrogen-bond acceptors (Lipinski definition) is 6. The highest BCUT2D eigenvalue weighted by molar-refractivity contribution is 7.17. The maximum atomic E-state index is 12.5. The third-order valence-corrected chi connectivity index (χ3v) is 5.38. The van der Waals surface area contributed by atoms with Gasteiger partial charge in [0.2, 0.25) is 4.96 Å². The van der Waals surface area contributed by atoms with Crippen LogP contribution in [0.5, 0.6) is 0 Å². The first-order valence-corrected chi connectivity index (χ1v) is 10.00. The Labute approximate surface area is 169 Å². The van der Waals surface area contributed by atoms with E-state index >= 15 is 0 Å². The predicted octanol–water partition coefficient (Wildman–Crippen LogP) is 4.05. The summed E-state index contributed by atoms with van der Waals surface area (Å²) in [5.41, 5.74) is 2.75. The number of hydrogen-bond donors (Lipinski definition) is 1. The van der Waals surface area contributed by atoms with E-state index in [1.165, 1.54) is 11.3 Å². The fourth-order valence-corrected chi connectivity index (χ4v) is 3.82. The molecular formula is C21H16N6OS. The average Bonchev–Trinajstić information content (AvgIpc) is 3.45. The second-order valence-corrected chi connectivity index (χ2v) is 7.51. The first kappa shape index (κ1) is 17.4. The van der Waals surface area contributed by atoms with Gasteiger partial charge >= 0.3 is 0 Å². The highest BCUT2D eigenvalue weighted by Gasteiger charge is 2.15. The Kier molecular flexibility index (Phi) is 4.45. The van der Waals surface area contributed by atoms with Crippen molar-refractivity contribution in [2.24, 2.45) is 0 Å². The van der Waals surface area contributed by atoms with Gasteiger partial charge in [-0.3, -0.25) is 4.79 Å². The number of benzene rings is 2. The monoisotopic (exact) mass is 400 g/mol. The number of nitrogens with one attached hydrogen (secondary N) is 1. The van der Waals surface area contributed by atoms with Crippen LogP contribution in [0, 0.1) is 0 Å². The summed E-state index contributed by atoms with van der Waals surface area (Å²) in [6.45, 7) is 0. The number of aromatic amines is 1. The minimum Gasteiger partial charge on any atom is -0.335 e. The van der Waals surface area contributed by atoms with Gasteiger partial charge in [-0.2, -0.15) is 9.61 Å². The topological polar surface area (TPSA) is 88.8 Å². The van der Waals surface area contributed by atoms with Crippen LogP contribution in [-0.2, 0) is 6.42 Å². The predicted molar refractivity (Wildman–Crippen MR) is 113 cm³/mol. The normalized spacial score (nSPS) is 11.7. The van der Waals surface area contributed by atoms with Crippen molar-refractivity contribution in [2.45, 2.75) is 12.8 Å². The lowest BCUT2D eigenvalue weighted by Crippen LogP contribution is -2.06. The van der Waals surface area contributed by atoms with Crippen molar-refractivity contribution < 1.29 is 4.79 Å². The molecule has 0 atom stereocenters. The highest BCUT2D eigenvalue weighted by Crippen LogP contribution is 2.18. The summed E-state index contributed by atoms with van der Waals surface area (Å²) in [6.07, 6.45) is 4.70. The molecule has 0 aliphatic carbocycles. The number of H-pyrrole nitrogens is 1. The quantitative estimate of drug-likeness (QED) is 0.435. The number of aryl methyl sites for hydroxylation is 1. The molecule has 0 spiro atoms. The van der Waals surface area contributed by atoms with Crippen molar-refractivity contribution in [1.29, 1.82) is 0 Å². The summed E-state index contributed by atoms with van der Waals surface area (Å²) in [7, 11) is 0. The standard InChI is InChI=1S/C21H16N6OS/c28-17(20-22-15-8-4-5-9-16(15)23-20)11-12-18-24-25-21-27(18)26-19(29-21)13-10-14-6-2-1-3-7-14/h1-10,13H,11-12H2,(H,22,23)/b13-10+. The van der Waals surface area contributed by atoms with Gasteiger partial charge in [0.15, 0.2) is 17.4 Å². The van der Waals surface area contributed by atoms with Crippen molar-refractivity contribution in [2.75, 3.05) is 0 Å². The largest absolute Gasteiger partial charge is 0.335 e. The second-order valence-electron chi connectivity index (χ2n) is 6.52. The molecule has 3 heterocycles. The molecule has 0 aliphatic rings. The molecule has 0 radical (unpaired) electrons. The molecule has 0 amide bonds. The van der Waals surface area contributed by atoms with E-state index in [1.54, 1.807) is 4.52 Å². The molecule has 5 rings (SSSR count). The number of fused-ring (bicyclic) bond motifs is 2. The molecule has 29 heavy (non-hydrogen) atoms. The zero-order valence-corrected chi connectivity index (χ0v) is 16.1. The van der Waals surface area contributed by atoms with Gasteiger partial charge in [-0.25, -0.2) is 4.98 Å². The zero-order valence-electron chi connectivity index (χ0n) is 15.3. The van der Waals surface area contributed by atoms with Crippen LogP contribution in [0.3, 0.4) is 0 Å². The van der Waals surface area contributed by atoms with Gasteiger partial charge in [0, 0.05) is 12.8 Å². The second kappa shape index (κ2) is 7.40. The number of rotatable bonds is 6. The van der Waals surface area contributed by atoms with Crippen LogP contribution in [0.2, 0.25) is 0 Å². The molecule has 0 aliphatic heterocycles. The van der Waals surface area contributed by atoms with Crippen LogP contribution in [0.15, 0.2) is 54.6 Å². The van der Waals surface area contributed by atoms with E-state index in [4.69, 9.17) is 0 Å². The minimum atomic E-state index is -0.0580. The molecule has 1 N–H and O–H groups in total. The van der Waals surface area contributed by atoms with Gasteiger partial charge in [0.25, 0.3) is 0 Å². The Bertz CT molecular complexity index is 1300. The van der Waals surface area contributed by atoms with E-state index < -0.39 is 0 Å². The van der Waals surface area contributed by atoms with Crippen molar-refractivity contribution >= 4 is 45.3 Å². The van der Waals surface area contributed by atoms with Gasteiger partial charge in [0.1, 0.15) is 5.01 Å². The van der Waals surface area contributed by atoms with E-state index in [0.717, 1.165) is 21.6 Å². The van der Waals surface area contributed by atoms with Gasteiger partial charge in [-0.1, -0.05) is 59.9 Å². The molecule has 0 saturated carbocycles. The lowest BCUT2D eigenvalue weighted by atomic mass is 10.2. The Hall–Kier alpha value is -3.65. The molecule has 3 aromatic heterocycles. The molecule has 2 aromatic carbocycles. The third-order valence-electron chi connectivity index (χ3n) is 4.52. The molecule has 0 unspecified atom stereocenters. The molecule has 142 valence electrons. The molecule has 0 saturated heterocycles. The Morgan fingerprint density at radius 2 is 1.86 bits per heavy atom. The molecule has 5 aromatic rings. The minimum absolute atomic E-state index is 0.0580. The fraction of sp³-hybridized carbons (Fsp3) is 0.0952. The van der Waals surface area contributed by atoms with Gasteiger partial charge in [0.05, 0.1) is 11.0 Å². The molecule has 0 fully saturated rings. The first-order valence-electron chi connectivity index (χ1n) is 9.18. The number of carbonyl (C=O) groups excluding carboxylic acids is 1. The molecule has 7 nitrogen and oxygen atoms in total. The Morgan fingerprint density at radius 3 is 2.72 bits per heavy atom. The Balaban J connectivity index is 1.31. The van der Waals surface area contributed by atoms with Gasteiger partial charge in [-0.15, -0.1) is 10.2 Å².